The molecule has 5 heteroatoms. The molecule has 0 aliphatic heterocycles. The second kappa shape index (κ2) is 6.64. The molecule has 1 amide bonds. The first-order valence-electron chi connectivity index (χ1n) is 5.74. The van der Waals surface area contributed by atoms with Gasteiger partial charge < -0.3 is 15.2 Å². The Labute approximate surface area is 106 Å². The fraction of sp³-hybridized carbons (Fsp3) is 0.385. The van der Waals surface area contributed by atoms with Gasteiger partial charge in [-0.15, -0.1) is 0 Å². The lowest BCUT2D eigenvalue weighted by atomic mass is 10.0. The monoisotopic (exact) mass is 251 g/mol. The normalized spacial score (nSPS) is 11.7. The van der Waals surface area contributed by atoms with Crippen LogP contribution in [0, 0.1) is 0 Å². The van der Waals surface area contributed by atoms with Crippen LogP contribution in [-0.4, -0.2) is 23.6 Å². The molecule has 0 saturated heterocycles. The predicted molar refractivity (Wildman–Crippen MR) is 66.4 cm³/mol. The molecule has 1 aromatic carbocycles. The van der Waals surface area contributed by atoms with E-state index in [-0.39, 0.29) is 12.3 Å². The van der Waals surface area contributed by atoms with Gasteiger partial charge in [0.25, 0.3) is 0 Å². The summed E-state index contributed by atoms with van der Waals surface area (Å²) in [7, 11) is 0. The Bertz CT molecular complexity index is 398. The van der Waals surface area contributed by atoms with E-state index in [0.29, 0.717) is 6.61 Å². The minimum Gasteiger partial charge on any atom is -0.494 e. The number of aliphatic carboxylic acids is 1. The maximum atomic E-state index is 11.0. The van der Waals surface area contributed by atoms with Crippen molar-refractivity contribution in [3.05, 3.63) is 29.8 Å². The van der Waals surface area contributed by atoms with Gasteiger partial charge in [0.1, 0.15) is 5.75 Å². The maximum absolute atomic E-state index is 11.0. The van der Waals surface area contributed by atoms with Crippen LogP contribution < -0.4 is 10.1 Å². The quantitative estimate of drug-likeness (QED) is 0.807. The Morgan fingerprint density at radius 1 is 1.33 bits per heavy atom. The van der Waals surface area contributed by atoms with Crippen LogP contribution in [0.5, 0.6) is 5.75 Å². The summed E-state index contributed by atoms with van der Waals surface area (Å²) in [5.41, 5.74) is 0.746. The molecule has 0 heterocycles. The lowest BCUT2D eigenvalue weighted by Crippen LogP contribution is -2.27. The fourth-order valence-corrected chi connectivity index (χ4v) is 1.64. The van der Waals surface area contributed by atoms with Crippen molar-refractivity contribution in [2.24, 2.45) is 0 Å². The van der Waals surface area contributed by atoms with Crippen LogP contribution in [0.25, 0.3) is 0 Å². The second-order valence-electron chi connectivity index (χ2n) is 3.85. The minimum atomic E-state index is -0.956. The minimum absolute atomic E-state index is 0.145. The third kappa shape index (κ3) is 4.45. The zero-order valence-electron chi connectivity index (χ0n) is 10.5. The maximum Gasteiger partial charge on any atom is 0.305 e. The van der Waals surface area contributed by atoms with Gasteiger partial charge in [-0.05, 0) is 24.6 Å². The molecule has 5 nitrogen and oxygen atoms in total. The van der Waals surface area contributed by atoms with Gasteiger partial charge in [0, 0.05) is 6.92 Å². The summed E-state index contributed by atoms with van der Waals surface area (Å²) in [5, 5.41) is 11.4. The van der Waals surface area contributed by atoms with Gasteiger partial charge in [0.15, 0.2) is 0 Å². The molecule has 98 valence electrons. The van der Waals surface area contributed by atoms with Crippen molar-refractivity contribution in [3.63, 3.8) is 0 Å². The van der Waals surface area contributed by atoms with Crippen LogP contribution >= 0.6 is 0 Å². The molecular formula is C13H17NO4. The number of rotatable bonds is 6. The summed E-state index contributed by atoms with van der Waals surface area (Å²) < 4.78 is 5.30. The average Bonchev–Trinajstić information content (AvgIpc) is 2.28. The van der Waals surface area contributed by atoms with Crippen LogP contribution in [0.4, 0.5) is 0 Å². The Balaban J connectivity index is 2.83. The molecule has 1 atom stereocenters. The Kier molecular flexibility index (Phi) is 5.17. The van der Waals surface area contributed by atoms with Crippen molar-refractivity contribution in [1.82, 2.24) is 5.32 Å². The number of amides is 1. The summed E-state index contributed by atoms with van der Waals surface area (Å²) in [4.78, 5) is 21.8. The van der Waals surface area contributed by atoms with Crippen LogP contribution in [0.2, 0.25) is 0 Å². The Morgan fingerprint density at radius 3 is 2.39 bits per heavy atom. The van der Waals surface area contributed by atoms with E-state index in [1.165, 1.54) is 6.92 Å². The van der Waals surface area contributed by atoms with Gasteiger partial charge >= 0.3 is 5.97 Å². The van der Waals surface area contributed by atoms with E-state index in [1.807, 2.05) is 6.92 Å². The summed E-state index contributed by atoms with van der Waals surface area (Å²) in [6.45, 7) is 3.82. The third-order valence-corrected chi connectivity index (χ3v) is 2.35. The number of carboxylic acids is 1. The number of hydrogen-bond donors (Lipinski definition) is 2. The second-order valence-corrected chi connectivity index (χ2v) is 3.85. The molecule has 18 heavy (non-hydrogen) atoms. The van der Waals surface area contributed by atoms with E-state index in [1.54, 1.807) is 24.3 Å². The predicted octanol–water partition coefficient (Wildman–Crippen LogP) is 1.74. The summed E-state index contributed by atoms with van der Waals surface area (Å²) >= 11 is 0. The standard InChI is InChI=1S/C13H17NO4/c1-3-18-11-6-4-10(5-7-11)12(8-13(16)17)14-9(2)15/h4-7,12H,3,8H2,1-2H3,(H,14,15)(H,16,17). The van der Waals surface area contributed by atoms with E-state index in [4.69, 9.17) is 9.84 Å². The molecule has 1 aromatic rings. The molecule has 0 saturated carbocycles. The molecule has 0 aromatic heterocycles. The highest BCUT2D eigenvalue weighted by Gasteiger charge is 2.16. The molecule has 1 unspecified atom stereocenters. The summed E-state index contributed by atoms with van der Waals surface area (Å²) in [5.74, 6) is -0.490. The van der Waals surface area contributed by atoms with Crippen molar-refractivity contribution in [1.29, 1.82) is 0 Å². The van der Waals surface area contributed by atoms with E-state index in [9.17, 15) is 9.59 Å². The van der Waals surface area contributed by atoms with Crippen molar-refractivity contribution in [2.75, 3.05) is 6.61 Å². The topological polar surface area (TPSA) is 75.6 Å². The van der Waals surface area contributed by atoms with Crippen molar-refractivity contribution >= 4 is 11.9 Å². The van der Waals surface area contributed by atoms with Crippen molar-refractivity contribution < 1.29 is 19.4 Å². The van der Waals surface area contributed by atoms with Crippen molar-refractivity contribution in [2.45, 2.75) is 26.3 Å². The number of benzene rings is 1. The van der Waals surface area contributed by atoms with Gasteiger partial charge in [-0.1, -0.05) is 12.1 Å². The highest BCUT2D eigenvalue weighted by atomic mass is 16.5. The van der Waals surface area contributed by atoms with Crippen LogP contribution in [0.1, 0.15) is 31.9 Å². The largest absolute Gasteiger partial charge is 0.494 e. The van der Waals surface area contributed by atoms with Crippen LogP contribution in [0.3, 0.4) is 0 Å². The zero-order chi connectivity index (χ0) is 13.5. The first kappa shape index (κ1) is 14.0. The number of nitrogens with one attached hydrogen (secondary N) is 1. The molecule has 2 N–H and O–H groups in total. The van der Waals surface area contributed by atoms with Crippen molar-refractivity contribution in [3.8, 4) is 5.75 Å². The van der Waals surface area contributed by atoms with Crippen LogP contribution in [-0.2, 0) is 9.59 Å². The number of hydrogen-bond acceptors (Lipinski definition) is 3. The number of carbonyl (C=O) groups is 2. The summed E-state index contributed by atoms with van der Waals surface area (Å²) in [6.07, 6.45) is -0.145. The van der Waals surface area contributed by atoms with Gasteiger partial charge in [-0.3, -0.25) is 9.59 Å². The highest BCUT2D eigenvalue weighted by Crippen LogP contribution is 2.20. The van der Waals surface area contributed by atoms with Crippen LogP contribution in [0.15, 0.2) is 24.3 Å². The molecule has 1 rings (SSSR count). The molecule has 0 aliphatic carbocycles. The third-order valence-electron chi connectivity index (χ3n) is 2.35. The molecule has 0 radical (unpaired) electrons. The first-order valence-corrected chi connectivity index (χ1v) is 5.74. The fourth-order valence-electron chi connectivity index (χ4n) is 1.64. The average molecular weight is 251 g/mol. The number of carboxylic acid groups (broad SMARTS) is 1. The van der Waals surface area contributed by atoms with Gasteiger partial charge in [0.2, 0.25) is 5.91 Å². The Hall–Kier alpha value is -2.04. The number of carbonyl (C=O) groups excluding carboxylic acids is 1. The SMILES string of the molecule is CCOc1ccc(C(CC(=O)O)NC(C)=O)cc1. The molecular weight excluding hydrogens is 234 g/mol. The highest BCUT2D eigenvalue weighted by molar-refractivity contribution is 5.75. The van der Waals surface area contributed by atoms with E-state index >= 15 is 0 Å². The smallest absolute Gasteiger partial charge is 0.305 e. The molecule has 0 fully saturated rings. The van der Waals surface area contributed by atoms with E-state index in [2.05, 4.69) is 5.32 Å². The van der Waals surface area contributed by atoms with Gasteiger partial charge in [-0.2, -0.15) is 0 Å². The van der Waals surface area contributed by atoms with Gasteiger partial charge in [-0.25, -0.2) is 0 Å². The molecule has 0 spiro atoms. The lowest BCUT2D eigenvalue weighted by molar-refractivity contribution is -0.137. The van der Waals surface area contributed by atoms with Gasteiger partial charge in [0.05, 0.1) is 19.1 Å². The molecule has 0 bridgehead atoms. The Morgan fingerprint density at radius 2 is 1.94 bits per heavy atom. The summed E-state index contributed by atoms with van der Waals surface area (Å²) in [6, 6.07) is 6.52. The molecule has 0 aliphatic rings. The lowest BCUT2D eigenvalue weighted by Gasteiger charge is -2.16. The first-order chi connectivity index (χ1) is 8.52. The zero-order valence-corrected chi connectivity index (χ0v) is 10.5. The van der Waals surface area contributed by atoms with E-state index < -0.39 is 12.0 Å². The van der Waals surface area contributed by atoms with E-state index in [0.717, 1.165) is 11.3 Å². The number of ether oxygens (including phenoxy) is 1.